The molecule has 0 radical (unpaired) electrons. The number of likely N-dealkylation sites (tertiary alicyclic amines) is 1. The maximum absolute atomic E-state index is 5.48. The van der Waals surface area contributed by atoms with Crippen LogP contribution in [0.2, 0.25) is 0 Å². The van der Waals surface area contributed by atoms with Crippen LogP contribution in [0.15, 0.2) is 0 Å². The second-order valence-corrected chi connectivity index (χ2v) is 6.97. The summed E-state index contributed by atoms with van der Waals surface area (Å²) in [5.41, 5.74) is 0. The van der Waals surface area contributed by atoms with Crippen molar-refractivity contribution >= 4 is 0 Å². The summed E-state index contributed by atoms with van der Waals surface area (Å²) >= 11 is 0. The van der Waals surface area contributed by atoms with Crippen molar-refractivity contribution in [2.24, 2.45) is 11.8 Å². The van der Waals surface area contributed by atoms with Crippen LogP contribution in [0.25, 0.3) is 0 Å². The summed E-state index contributed by atoms with van der Waals surface area (Å²) in [6.45, 7) is 9.63. The summed E-state index contributed by atoms with van der Waals surface area (Å²) in [5.74, 6) is 1.76. The van der Waals surface area contributed by atoms with E-state index in [0.29, 0.717) is 6.10 Å². The zero-order valence-electron chi connectivity index (χ0n) is 13.7. The Kier molecular flexibility index (Phi) is 6.79. The van der Waals surface area contributed by atoms with Crippen molar-refractivity contribution in [1.29, 1.82) is 0 Å². The number of nitrogens with one attached hydrogen (secondary N) is 1. The highest BCUT2D eigenvalue weighted by Gasteiger charge is 2.30. The Labute approximate surface area is 125 Å². The van der Waals surface area contributed by atoms with E-state index in [1.807, 2.05) is 7.11 Å². The van der Waals surface area contributed by atoms with Gasteiger partial charge < -0.3 is 15.0 Å². The van der Waals surface area contributed by atoms with E-state index in [9.17, 15) is 0 Å². The molecule has 3 heteroatoms. The average molecular weight is 282 g/mol. The molecule has 3 atom stereocenters. The molecule has 0 bridgehead atoms. The monoisotopic (exact) mass is 282 g/mol. The van der Waals surface area contributed by atoms with Crippen LogP contribution in [0, 0.1) is 11.8 Å². The molecule has 1 N–H and O–H groups in total. The molecule has 0 aromatic heterocycles. The first-order valence-electron chi connectivity index (χ1n) is 8.71. The van der Waals surface area contributed by atoms with Crippen LogP contribution in [-0.4, -0.2) is 50.3 Å². The van der Waals surface area contributed by atoms with Gasteiger partial charge in [-0.05, 0) is 56.9 Å². The number of piperidine rings is 1. The quantitative estimate of drug-likeness (QED) is 0.811. The minimum absolute atomic E-state index is 0.505. The summed E-state index contributed by atoms with van der Waals surface area (Å²) in [5, 5.41) is 3.80. The maximum Gasteiger partial charge on any atom is 0.0595 e. The van der Waals surface area contributed by atoms with Crippen molar-refractivity contribution in [2.45, 2.75) is 64.5 Å². The molecule has 2 rings (SSSR count). The fraction of sp³-hybridized carbons (Fsp3) is 1.00. The van der Waals surface area contributed by atoms with Gasteiger partial charge in [-0.2, -0.15) is 0 Å². The van der Waals surface area contributed by atoms with Crippen LogP contribution < -0.4 is 5.32 Å². The van der Waals surface area contributed by atoms with E-state index in [1.54, 1.807) is 0 Å². The highest BCUT2D eigenvalue weighted by molar-refractivity contribution is 4.86. The lowest BCUT2D eigenvalue weighted by Crippen LogP contribution is -2.48. The standard InChI is InChI=1S/C17H34N2O/c1-4-9-18-17-6-5-14(2)12-15(17)13-19-10-7-16(20-3)8-11-19/h14-18H,4-13H2,1-3H3. The van der Waals surface area contributed by atoms with Crippen LogP contribution in [0.1, 0.15) is 52.4 Å². The zero-order valence-corrected chi connectivity index (χ0v) is 13.7. The first-order chi connectivity index (χ1) is 9.72. The average Bonchev–Trinajstić information content (AvgIpc) is 2.47. The Hall–Kier alpha value is -0.120. The summed E-state index contributed by atoms with van der Waals surface area (Å²) in [6, 6.07) is 0.756. The second kappa shape index (κ2) is 8.35. The van der Waals surface area contributed by atoms with E-state index in [4.69, 9.17) is 4.74 Å². The minimum Gasteiger partial charge on any atom is -0.381 e. The molecule has 1 aliphatic carbocycles. The Morgan fingerprint density at radius 3 is 2.55 bits per heavy atom. The molecular weight excluding hydrogens is 248 g/mol. The smallest absolute Gasteiger partial charge is 0.0595 e. The van der Waals surface area contributed by atoms with E-state index in [1.165, 1.54) is 64.7 Å². The highest BCUT2D eigenvalue weighted by atomic mass is 16.5. The van der Waals surface area contributed by atoms with Crippen LogP contribution >= 0.6 is 0 Å². The van der Waals surface area contributed by atoms with Crippen molar-refractivity contribution in [2.75, 3.05) is 33.3 Å². The molecule has 20 heavy (non-hydrogen) atoms. The van der Waals surface area contributed by atoms with Crippen LogP contribution in [-0.2, 0) is 4.74 Å². The third kappa shape index (κ3) is 4.71. The van der Waals surface area contributed by atoms with Crippen molar-refractivity contribution in [3.63, 3.8) is 0 Å². The van der Waals surface area contributed by atoms with Gasteiger partial charge in [0.1, 0.15) is 0 Å². The van der Waals surface area contributed by atoms with Gasteiger partial charge in [-0.1, -0.05) is 13.8 Å². The Balaban J connectivity index is 1.81. The SMILES string of the molecule is CCCNC1CCC(C)CC1CN1CCC(OC)CC1. The molecule has 0 spiro atoms. The van der Waals surface area contributed by atoms with Gasteiger partial charge in [0.05, 0.1) is 6.10 Å². The van der Waals surface area contributed by atoms with Gasteiger partial charge in [0, 0.05) is 32.8 Å². The Bertz CT molecular complexity index is 262. The van der Waals surface area contributed by atoms with Gasteiger partial charge in [-0.25, -0.2) is 0 Å². The molecule has 1 heterocycles. The van der Waals surface area contributed by atoms with Gasteiger partial charge in [-0.15, -0.1) is 0 Å². The van der Waals surface area contributed by atoms with Gasteiger partial charge in [0.25, 0.3) is 0 Å². The fourth-order valence-corrected chi connectivity index (χ4v) is 3.96. The molecule has 2 fully saturated rings. The van der Waals surface area contributed by atoms with Crippen molar-refractivity contribution in [1.82, 2.24) is 10.2 Å². The van der Waals surface area contributed by atoms with Crippen LogP contribution in [0.5, 0.6) is 0 Å². The predicted molar refractivity (Wildman–Crippen MR) is 85.1 cm³/mol. The fourth-order valence-electron chi connectivity index (χ4n) is 3.96. The Morgan fingerprint density at radius 1 is 1.15 bits per heavy atom. The third-order valence-corrected chi connectivity index (χ3v) is 5.26. The second-order valence-electron chi connectivity index (χ2n) is 6.97. The number of methoxy groups -OCH3 is 1. The molecule has 3 unspecified atom stereocenters. The van der Waals surface area contributed by atoms with Crippen molar-refractivity contribution < 1.29 is 4.74 Å². The van der Waals surface area contributed by atoms with Gasteiger partial charge in [-0.3, -0.25) is 0 Å². The van der Waals surface area contributed by atoms with Gasteiger partial charge >= 0.3 is 0 Å². The first-order valence-corrected chi connectivity index (χ1v) is 8.71. The third-order valence-electron chi connectivity index (χ3n) is 5.26. The zero-order chi connectivity index (χ0) is 14.4. The molecule has 0 aromatic carbocycles. The van der Waals surface area contributed by atoms with E-state index in [0.717, 1.165) is 17.9 Å². The van der Waals surface area contributed by atoms with Gasteiger partial charge in [0.15, 0.2) is 0 Å². The lowest BCUT2D eigenvalue weighted by Gasteiger charge is -2.40. The molecule has 118 valence electrons. The minimum atomic E-state index is 0.505. The number of hydrogen-bond donors (Lipinski definition) is 1. The van der Waals surface area contributed by atoms with E-state index in [-0.39, 0.29) is 0 Å². The van der Waals surface area contributed by atoms with Crippen LogP contribution in [0.3, 0.4) is 0 Å². The molecule has 2 aliphatic rings. The molecule has 0 amide bonds. The summed E-state index contributed by atoms with van der Waals surface area (Å²) < 4.78 is 5.48. The Morgan fingerprint density at radius 2 is 1.90 bits per heavy atom. The molecule has 1 saturated carbocycles. The highest BCUT2D eigenvalue weighted by Crippen LogP contribution is 2.30. The summed E-state index contributed by atoms with van der Waals surface area (Å²) in [6.07, 6.45) is 8.37. The van der Waals surface area contributed by atoms with Crippen molar-refractivity contribution in [3.8, 4) is 0 Å². The lowest BCUT2D eigenvalue weighted by molar-refractivity contribution is 0.0303. The number of rotatable bonds is 6. The summed E-state index contributed by atoms with van der Waals surface area (Å²) in [4.78, 5) is 2.68. The number of hydrogen-bond acceptors (Lipinski definition) is 3. The van der Waals surface area contributed by atoms with Gasteiger partial charge in [0.2, 0.25) is 0 Å². The largest absolute Gasteiger partial charge is 0.381 e. The molecule has 1 aliphatic heterocycles. The summed E-state index contributed by atoms with van der Waals surface area (Å²) in [7, 11) is 1.86. The molecule has 3 nitrogen and oxygen atoms in total. The topological polar surface area (TPSA) is 24.5 Å². The molecule has 0 aromatic rings. The first kappa shape index (κ1) is 16.3. The van der Waals surface area contributed by atoms with Crippen molar-refractivity contribution in [3.05, 3.63) is 0 Å². The lowest BCUT2D eigenvalue weighted by atomic mass is 9.78. The predicted octanol–water partition coefficient (Wildman–Crippen LogP) is 2.90. The maximum atomic E-state index is 5.48. The van der Waals surface area contributed by atoms with Crippen LogP contribution in [0.4, 0.5) is 0 Å². The van der Waals surface area contributed by atoms with E-state index < -0.39 is 0 Å². The normalized spacial score (nSPS) is 33.5. The molecular formula is C17H34N2O. The number of nitrogens with zero attached hydrogens (tertiary/aromatic N) is 1. The molecule has 1 saturated heterocycles. The van der Waals surface area contributed by atoms with E-state index >= 15 is 0 Å². The number of ether oxygens (including phenoxy) is 1. The van der Waals surface area contributed by atoms with E-state index in [2.05, 4.69) is 24.1 Å².